The minimum Gasteiger partial charge on any atom is -0.303 e. The minimum atomic E-state index is 0.0231. The third kappa shape index (κ3) is 1.90. The van der Waals surface area contributed by atoms with Gasteiger partial charge in [0.2, 0.25) is 0 Å². The molecular weight excluding hydrogens is 136 g/mol. The quantitative estimate of drug-likeness (QED) is 0.588. The molecule has 0 bridgehead atoms. The number of rotatable bonds is 2. The van der Waals surface area contributed by atoms with Crippen molar-refractivity contribution in [2.75, 3.05) is 0 Å². The Morgan fingerprint density at radius 3 is 2.73 bits per heavy atom. The van der Waals surface area contributed by atoms with E-state index in [1.807, 2.05) is 38.1 Å². The van der Waals surface area contributed by atoms with Crippen molar-refractivity contribution in [2.45, 2.75) is 19.8 Å². The van der Waals surface area contributed by atoms with Gasteiger partial charge in [0.15, 0.2) is 0 Å². The maximum atomic E-state index is 10.4. The van der Waals surface area contributed by atoms with Crippen LogP contribution in [0.5, 0.6) is 0 Å². The van der Waals surface area contributed by atoms with E-state index in [1.54, 1.807) is 0 Å². The summed E-state index contributed by atoms with van der Waals surface area (Å²) in [6.07, 6.45) is 0.967. The number of carbonyl (C=O) groups is 1. The van der Waals surface area contributed by atoms with E-state index in [9.17, 15) is 4.79 Å². The van der Waals surface area contributed by atoms with Crippen molar-refractivity contribution in [1.29, 1.82) is 0 Å². The molecule has 0 unspecified atom stereocenters. The minimum absolute atomic E-state index is 0.0231. The third-order valence-corrected chi connectivity index (χ3v) is 1.77. The molecule has 0 aliphatic heterocycles. The average Bonchev–Trinajstić information content (AvgIpc) is 2.03. The Morgan fingerprint density at radius 2 is 2.18 bits per heavy atom. The number of carbonyl (C=O) groups excluding carboxylic acids is 1. The number of hydrogen-bond donors (Lipinski definition) is 0. The normalized spacial score (nSPS) is 12.5. The molecule has 1 aromatic rings. The van der Waals surface area contributed by atoms with E-state index in [0.717, 1.165) is 11.8 Å². The van der Waals surface area contributed by atoms with Crippen LogP contribution in [0.25, 0.3) is 0 Å². The molecule has 0 saturated carbocycles. The summed E-state index contributed by atoms with van der Waals surface area (Å²) in [6, 6.07) is 8.02. The fraction of sp³-hybridized carbons (Fsp3) is 0.300. The zero-order valence-corrected chi connectivity index (χ0v) is 6.87. The lowest BCUT2D eigenvalue weighted by atomic mass is 10.0. The first kappa shape index (κ1) is 7.99. The highest BCUT2D eigenvalue weighted by Gasteiger charge is 2.01. The summed E-state index contributed by atoms with van der Waals surface area (Å²) in [7, 11) is 0. The summed E-state index contributed by atoms with van der Waals surface area (Å²) in [5.41, 5.74) is 2.30. The SMILES string of the molecule is Cc1cccc([C@@H](C)C=O)c1. The standard InChI is InChI=1S/C10H12O/c1-8-4-3-5-10(6-8)9(2)7-11/h3-7,9H,1-2H3/t9-/m0/s1. The summed E-state index contributed by atoms with van der Waals surface area (Å²) in [6.45, 7) is 3.93. The lowest BCUT2D eigenvalue weighted by molar-refractivity contribution is -0.108. The second-order valence-electron chi connectivity index (χ2n) is 2.84. The molecule has 0 fully saturated rings. The van der Waals surface area contributed by atoms with Gasteiger partial charge in [0.1, 0.15) is 6.29 Å². The lowest BCUT2D eigenvalue weighted by Crippen LogP contribution is -1.93. The third-order valence-electron chi connectivity index (χ3n) is 1.77. The van der Waals surface area contributed by atoms with Gasteiger partial charge in [-0.2, -0.15) is 0 Å². The van der Waals surface area contributed by atoms with Crippen LogP contribution in [0.4, 0.5) is 0 Å². The molecule has 1 rings (SSSR count). The van der Waals surface area contributed by atoms with Crippen LogP contribution < -0.4 is 0 Å². The number of benzene rings is 1. The van der Waals surface area contributed by atoms with Crippen molar-refractivity contribution >= 4 is 6.29 Å². The first-order valence-corrected chi connectivity index (χ1v) is 3.76. The Labute approximate surface area is 67.1 Å². The zero-order valence-electron chi connectivity index (χ0n) is 6.87. The fourth-order valence-electron chi connectivity index (χ4n) is 1.03. The van der Waals surface area contributed by atoms with Gasteiger partial charge in [-0.05, 0) is 12.5 Å². The van der Waals surface area contributed by atoms with Gasteiger partial charge in [-0.15, -0.1) is 0 Å². The summed E-state index contributed by atoms with van der Waals surface area (Å²) < 4.78 is 0. The summed E-state index contributed by atoms with van der Waals surface area (Å²) in [5.74, 6) is 0.0231. The van der Waals surface area contributed by atoms with Gasteiger partial charge in [-0.3, -0.25) is 0 Å². The molecule has 58 valence electrons. The highest BCUT2D eigenvalue weighted by atomic mass is 16.1. The summed E-state index contributed by atoms with van der Waals surface area (Å²) >= 11 is 0. The van der Waals surface area contributed by atoms with E-state index in [1.165, 1.54) is 5.56 Å². The van der Waals surface area contributed by atoms with Gasteiger partial charge >= 0.3 is 0 Å². The van der Waals surface area contributed by atoms with Crippen LogP contribution in [0.3, 0.4) is 0 Å². The Kier molecular flexibility index (Phi) is 2.42. The highest BCUT2D eigenvalue weighted by molar-refractivity contribution is 5.61. The molecule has 0 N–H and O–H groups in total. The van der Waals surface area contributed by atoms with Crippen molar-refractivity contribution in [1.82, 2.24) is 0 Å². The van der Waals surface area contributed by atoms with E-state index >= 15 is 0 Å². The Morgan fingerprint density at radius 1 is 1.45 bits per heavy atom. The molecule has 1 atom stereocenters. The smallest absolute Gasteiger partial charge is 0.127 e. The van der Waals surface area contributed by atoms with Crippen LogP contribution in [-0.2, 0) is 4.79 Å². The molecule has 0 aliphatic carbocycles. The van der Waals surface area contributed by atoms with Gasteiger partial charge in [-0.25, -0.2) is 0 Å². The molecule has 0 heterocycles. The largest absolute Gasteiger partial charge is 0.303 e. The van der Waals surface area contributed by atoms with Crippen LogP contribution in [-0.4, -0.2) is 6.29 Å². The average molecular weight is 148 g/mol. The van der Waals surface area contributed by atoms with Crippen LogP contribution in [0.2, 0.25) is 0 Å². The van der Waals surface area contributed by atoms with Crippen molar-refractivity contribution in [3.63, 3.8) is 0 Å². The monoisotopic (exact) mass is 148 g/mol. The van der Waals surface area contributed by atoms with Crippen molar-refractivity contribution < 1.29 is 4.79 Å². The number of aryl methyl sites for hydroxylation is 1. The second kappa shape index (κ2) is 3.33. The molecule has 0 aliphatic rings. The van der Waals surface area contributed by atoms with Gasteiger partial charge in [-0.1, -0.05) is 36.8 Å². The van der Waals surface area contributed by atoms with Gasteiger partial charge in [0.05, 0.1) is 0 Å². The predicted octanol–water partition coefficient (Wildman–Crippen LogP) is 2.30. The fourth-order valence-corrected chi connectivity index (χ4v) is 1.03. The van der Waals surface area contributed by atoms with E-state index in [2.05, 4.69) is 0 Å². The van der Waals surface area contributed by atoms with Gasteiger partial charge in [0, 0.05) is 5.92 Å². The maximum Gasteiger partial charge on any atom is 0.127 e. The van der Waals surface area contributed by atoms with E-state index in [-0.39, 0.29) is 5.92 Å². The van der Waals surface area contributed by atoms with Gasteiger partial charge < -0.3 is 4.79 Å². The van der Waals surface area contributed by atoms with Crippen LogP contribution in [0, 0.1) is 6.92 Å². The summed E-state index contributed by atoms with van der Waals surface area (Å²) in [4.78, 5) is 10.4. The first-order valence-electron chi connectivity index (χ1n) is 3.76. The van der Waals surface area contributed by atoms with Crippen LogP contribution in [0.15, 0.2) is 24.3 Å². The molecule has 0 spiro atoms. The van der Waals surface area contributed by atoms with E-state index < -0.39 is 0 Å². The zero-order chi connectivity index (χ0) is 8.27. The van der Waals surface area contributed by atoms with Crippen molar-refractivity contribution in [3.05, 3.63) is 35.4 Å². The van der Waals surface area contributed by atoms with E-state index in [0.29, 0.717) is 0 Å². The topological polar surface area (TPSA) is 17.1 Å². The second-order valence-corrected chi connectivity index (χ2v) is 2.84. The maximum absolute atomic E-state index is 10.4. The first-order chi connectivity index (χ1) is 5.24. The van der Waals surface area contributed by atoms with Crippen LogP contribution in [0.1, 0.15) is 24.0 Å². The van der Waals surface area contributed by atoms with Crippen molar-refractivity contribution in [2.24, 2.45) is 0 Å². The van der Waals surface area contributed by atoms with E-state index in [4.69, 9.17) is 0 Å². The van der Waals surface area contributed by atoms with Crippen LogP contribution >= 0.6 is 0 Å². The molecule has 0 amide bonds. The molecule has 1 aromatic carbocycles. The highest BCUT2D eigenvalue weighted by Crippen LogP contribution is 2.13. The van der Waals surface area contributed by atoms with Crippen molar-refractivity contribution in [3.8, 4) is 0 Å². The Hall–Kier alpha value is -1.11. The number of hydrogen-bond acceptors (Lipinski definition) is 1. The molecule has 1 nitrogen and oxygen atoms in total. The predicted molar refractivity (Wildman–Crippen MR) is 45.7 cm³/mol. The summed E-state index contributed by atoms with van der Waals surface area (Å²) in [5, 5.41) is 0. The molecule has 0 radical (unpaired) electrons. The molecular formula is C10H12O. The van der Waals surface area contributed by atoms with Gasteiger partial charge in [0.25, 0.3) is 0 Å². The Bertz CT molecular complexity index is 253. The molecule has 11 heavy (non-hydrogen) atoms. The molecule has 1 heteroatoms. The molecule has 0 aromatic heterocycles. The lowest BCUT2D eigenvalue weighted by Gasteiger charge is -2.03. The molecule has 0 saturated heterocycles. The number of aldehydes is 1. The Balaban J connectivity index is 2.95.